The van der Waals surface area contributed by atoms with Gasteiger partial charge < -0.3 is 20.7 Å². The highest BCUT2D eigenvalue weighted by Gasteiger charge is 2.34. The van der Waals surface area contributed by atoms with Crippen LogP contribution in [0.5, 0.6) is 5.75 Å². The number of nitrogens with one attached hydrogen (secondary N) is 1. The molecular formula is C14H21N3O2. The smallest absolute Gasteiger partial charge is 0.321 e. The lowest BCUT2D eigenvalue weighted by molar-refractivity contribution is 0.216. The normalized spacial score (nSPS) is 22.4. The molecule has 1 aromatic rings. The topological polar surface area (TPSA) is 67.6 Å². The number of hydrogen-bond acceptors (Lipinski definition) is 3. The zero-order valence-electron chi connectivity index (χ0n) is 11.5. The molecule has 19 heavy (non-hydrogen) atoms. The number of methoxy groups -OCH3 is 1. The van der Waals surface area contributed by atoms with Gasteiger partial charge in [0.1, 0.15) is 5.75 Å². The summed E-state index contributed by atoms with van der Waals surface area (Å²) in [6.07, 6.45) is 0.958. The van der Waals surface area contributed by atoms with Crippen molar-refractivity contribution in [3.8, 4) is 5.75 Å². The highest BCUT2D eigenvalue weighted by molar-refractivity contribution is 5.89. The Morgan fingerprint density at radius 1 is 1.47 bits per heavy atom. The van der Waals surface area contributed by atoms with Crippen LogP contribution in [0.25, 0.3) is 0 Å². The number of likely N-dealkylation sites (tertiary alicyclic amines) is 1. The van der Waals surface area contributed by atoms with Gasteiger partial charge in [0.2, 0.25) is 0 Å². The molecule has 0 aliphatic carbocycles. The summed E-state index contributed by atoms with van der Waals surface area (Å²) in [4.78, 5) is 13.9. The second-order valence-electron chi connectivity index (χ2n) is 5.34. The van der Waals surface area contributed by atoms with Gasteiger partial charge in [-0.25, -0.2) is 4.79 Å². The van der Waals surface area contributed by atoms with Gasteiger partial charge in [-0.3, -0.25) is 0 Å². The van der Waals surface area contributed by atoms with Crippen molar-refractivity contribution in [1.82, 2.24) is 4.90 Å². The molecule has 1 saturated heterocycles. The summed E-state index contributed by atoms with van der Waals surface area (Å²) < 4.78 is 5.08. The minimum Gasteiger partial charge on any atom is -0.497 e. The molecule has 1 atom stereocenters. The van der Waals surface area contributed by atoms with Crippen LogP contribution >= 0.6 is 0 Å². The first-order valence-corrected chi connectivity index (χ1v) is 6.46. The monoisotopic (exact) mass is 263 g/mol. The predicted octanol–water partition coefficient (Wildman–Crippen LogP) is 1.90. The molecule has 0 aromatic heterocycles. The number of nitrogens with two attached hydrogens (primary N) is 1. The zero-order valence-corrected chi connectivity index (χ0v) is 11.5. The van der Waals surface area contributed by atoms with Gasteiger partial charge in [0.25, 0.3) is 0 Å². The molecule has 0 spiro atoms. The van der Waals surface area contributed by atoms with Gasteiger partial charge in [-0.2, -0.15) is 0 Å². The Bertz CT molecular complexity index is 447. The molecule has 5 nitrogen and oxygen atoms in total. The highest BCUT2D eigenvalue weighted by atomic mass is 16.5. The van der Waals surface area contributed by atoms with Crippen molar-refractivity contribution in [2.24, 2.45) is 11.1 Å². The lowest BCUT2D eigenvalue weighted by Gasteiger charge is -2.22. The second kappa shape index (κ2) is 5.48. The molecule has 0 radical (unpaired) electrons. The largest absolute Gasteiger partial charge is 0.497 e. The van der Waals surface area contributed by atoms with Crippen LogP contribution in [-0.4, -0.2) is 37.7 Å². The summed E-state index contributed by atoms with van der Waals surface area (Å²) in [6.45, 7) is 4.20. The summed E-state index contributed by atoms with van der Waals surface area (Å²) in [7, 11) is 1.62. The van der Waals surface area contributed by atoms with E-state index in [-0.39, 0.29) is 11.4 Å². The van der Waals surface area contributed by atoms with Crippen molar-refractivity contribution in [3.05, 3.63) is 24.3 Å². The number of carbonyl (C=O) groups excluding carboxylic acids is 1. The average Bonchev–Trinajstić information content (AvgIpc) is 2.83. The number of amides is 2. The first kappa shape index (κ1) is 13.7. The van der Waals surface area contributed by atoms with E-state index in [9.17, 15) is 4.79 Å². The Balaban J connectivity index is 1.94. The number of rotatable bonds is 3. The van der Waals surface area contributed by atoms with Crippen LogP contribution in [0.3, 0.4) is 0 Å². The molecule has 2 rings (SSSR count). The first-order chi connectivity index (χ1) is 9.06. The molecule has 104 valence electrons. The first-order valence-electron chi connectivity index (χ1n) is 6.46. The molecule has 0 saturated carbocycles. The highest BCUT2D eigenvalue weighted by Crippen LogP contribution is 2.28. The Kier molecular flexibility index (Phi) is 3.95. The number of hydrogen-bond donors (Lipinski definition) is 2. The van der Waals surface area contributed by atoms with Crippen LogP contribution in [0, 0.1) is 5.41 Å². The van der Waals surface area contributed by atoms with Gasteiger partial charge in [-0.15, -0.1) is 0 Å². The van der Waals surface area contributed by atoms with Gasteiger partial charge in [0, 0.05) is 18.8 Å². The Labute approximate surface area is 113 Å². The predicted molar refractivity (Wildman–Crippen MR) is 75.4 cm³/mol. The van der Waals surface area contributed by atoms with E-state index in [1.165, 1.54) is 0 Å². The minimum absolute atomic E-state index is 0.0528. The Morgan fingerprint density at radius 2 is 2.16 bits per heavy atom. The molecule has 1 unspecified atom stereocenters. The van der Waals surface area contributed by atoms with E-state index in [2.05, 4.69) is 12.2 Å². The quantitative estimate of drug-likeness (QED) is 0.875. The van der Waals surface area contributed by atoms with Crippen molar-refractivity contribution < 1.29 is 9.53 Å². The lowest BCUT2D eigenvalue weighted by Crippen LogP contribution is -2.36. The van der Waals surface area contributed by atoms with Crippen molar-refractivity contribution in [2.45, 2.75) is 13.3 Å². The molecule has 1 aliphatic heterocycles. The zero-order chi connectivity index (χ0) is 13.9. The van der Waals surface area contributed by atoms with E-state index in [0.29, 0.717) is 13.1 Å². The molecule has 1 fully saturated rings. The number of urea groups is 1. The lowest BCUT2D eigenvalue weighted by atomic mass is 9.90. The van der Waals surface area contributed by atoms with Gasteiger partial charge >= 0.3 is 6.03 Å². The molecule has 5 heteroatoms. The van der Waals surface area contributed by atoms with Crippen molar-refractivity contribution in [1.29, 1.82) is 0 Å². The van der Waals surface area contributed by atoms with Gasteiger partial charge in [-0.1, -0.05) is 6.92 Å². The molecule has 1 aliphatic rings. The number of nitrogens with zero attached hydrogens (tertiary/aromatic N) is 1. The number of ether oxygens (including phenoxy) is 1. The van der Waals surface area contributed by atoms with Crippen LogP contribution in [0.4, 0.5) is 10.5 Å². The summed E-state index contributed by atoms with van der Waals surface area (Å²) in [5.41, 5.74) is 6.57. The molecule has 3 N–H and O–H groups in total. The third-order valence-corrected chi connectivity index (χ3v) is 3.68. The average molecular weight is 263 g/mol. The van der Waals surface area contributed by atoms with Crippen LogP contribution in [0.2, 0.25) is 0 Å². The Morgan fingerprint density at radius 3 is 2.68 bits per heavy atom. The van der Waals surface area contributed by atoms with Gasteiger partial charge in [-0.05, 0) is 42.6 Å². The summed E-state index contributed by atoms with van der Waals surface area (Å²) in [5, 5.41) is 2.89. The summed E-state index contributed by atoms with van der Waals surface area (Å²) >= 11 is 0. The molecular weight excluding hydrogens is 242 g/mol. The fourth-order valence-electron chi connectivity index (χ4n) is 2.24. The molecule has 0 bridgehead atoms. The van der Waals surface area contributed by atoms with E-state index in [0.717, 1.165) is 24.4 Å². The summed E-state index contributed by atoms with van der Waals surface area (Å²) in [5.74, 6) is 0.773. The minimum atomic E-state index is -0.0673. The van der Waals surface area contributed by atoms with E-state index >= 15 is 0 Å². The SMILES string of the molecule is COc1ccc(NC(=O)N2CCC(C)(CN)C2)cc1. The number of benzene rings is 1. The van der Waals surface area contributed by atoms with Crippen LogP contribution < -0.4 is 15.8 Å². The van der Waals surface area contributed by atoms with E-state index in [4.69, 9.17) is 10.5 Å². The standard InChI is InChI=1S/C14H21N3O2/c1-14(9-15)7-8-17(10-14)13(18)16-11-3-5-12(19-2)6-4-11/h3-6H,7-10,15H2,1-2H3,(H,16,18). The third kappa shape index (κ3) is 3.17. The van der Waals surface area contributed by atoms with Crippen LogP contribution in [0.1, 0.15) is 13.3 Å². The van der Waals surface area contributed by atoms with Gasteiger partial charge in [0.05, 0.1) is 7.11 Å². The maximum Gasteiger partial charge on any atom is 0.321 e. The van der Waals surface area contributed by atoms with Crippen LogP contribution in [-0.2, 0) is 0 Å². The number of anilines is 1. The molecule has 2 amide bonds. The number of carbonyl (C=O) groups is 1. The van der Waals surface area contributed by atoms with Crippen LogP contribution in [0.15, 0.2) is 24.3 Å². The third-order valence-electron chi connectivity index (χ3n) is 3.68. The Hall–Kier alpha value is -1.75. The fraction of sp³-hybridized carbons (Fsp3) is 0.500. The molecule has 1 heterocycles. The van der Waals surface area contributed by atoms with Gasteiger partial charge in [0.15, 0.2) is 0 Å². The second-order valence-corrected chi connectivity index (χ2v) is 5.34. The van der Waals surface area contributed by atoms with Crippen molar-refractivity contribution in [2.75, 3.05) is 32.1 Å². The van der Waals surface area contributed by atoms with E-state index < -0.39 is 0 Å². The van der Waals surface area contributed by atoms with E-state index in [1.54, 1.807) is 7.11 Å². The maximum atomic E-state index is 12.1. The maximum absolute atomic E-state index is 12.1. The summed E-state index contributed by atoms with van der Waals surface area (Å²) in [6, 6.07) is 7.24. The fourth-order valence-corrected chi connectivity index (χ4v) is 2.24. The van der Waals surface area contributed by atoms with Crippen molar-refractivity contribution >= 4 is 11.7 Å². The van der Waals surface area contributed by atoms with Crippen molar-refractivity contribution in [3.63, 3.8) is 0 Å². The van der Waals surface area contributed by atoms with E-state index in [1.807, 2.05) is 29.2 Å². The molecule has 1 aromatic carbocycles.